The number of carbonyl (C=O) groups excluding carboxylic acids is 1. The number of benzene rings is 2. The monoisotopic (exact) mass is 501 g/mol. The van der Waals surface area contributed by atoms with Crippen LogP contribution in [0, 0.1) is 11.8 Å². The molecule has 2 aliphatic rings. The van der Waals surface area contributed by atoms with E-state index in [1.807, 2.05) is 36.4 Å². The molecule has 1 heterocycles. The number of halogens is 1. The number of hydrogen-bond acceptors (Lipinski definition) is 4. The van der Waals surface area contributed by atoms with Crippen molar-refractivity contribution in [3.05, 3.63) is 70.3 Å². The van der Waals surface area contributed by atoms with E-state index in [1.165, 1.54) is 11.4 Å². The highest BCUT2D eigenvalue weighted by Gasteiger charge is 2.30. The van der Waals surface area contributed by atoms with Gasteiger partial charge in [0, 0.05) is 29.7 Å². The Labute approximate surface area is 207 Å². The van der Waals surface area contributed by atoms with E-state index in [4.69, 9.17) is 11.6 Å². The number of hydrogen-bond donors (Lipinski definition) is 2. The van der Waals surface area contributed by atoms with Crippen LogP contribution in [0.15, 0.2) is 48.5 Å². The molecule has 1 amide bonds. The molecule has 2 aromatic rings. The number of allylic oxidation sites excluding steroid dienone is 1. The first-order valence-electron chi connectivity index (χ1n) is 11.7. The van der Waals surface area contributed by atoms with E-state index in [1.54, 1.807) is 12.1 Å². The molecule has 0 spiro atoms. The van der Waals surface area contributed by atoms with Crippen molar-refractivity contribution in [3.8, 4) is 0 Å². The highest BCUT2D eigenvalue weighted by Crippen LogP contribution is 2.39. The third kappa shape index (κ3) is 6.20. The molecule has 2 fully saturated rings. The number of anilines is 1. The van der Waals surface area contributed by atoms with Crippen molar-refractivity contribution in [1.29, 1.82) is 0 Å². The van der Waals surface area contributed by atoms with Gasteiger partial charge in [0.2, 0.25) is 10.0 Å². The van der Waals surface area contributed by atoms with Gasteiger partial charge >= 0.3 is 0 Å². The zero-order valence-electron chi connectivity index (χ0n) is 19.8. The Kier molecular flexibility index (Phi) is 7.36. The van der Waals surface area contributed by atoms with Crippen LogP contribution in [0.3, 0.4) is 0 Å². The number of sulfonamides is 1. The molecule has 1 aliphatic heterocycles. The normalized spacial score (nSPS) is 24.4. The van der Waals surface area contributed by atoms with Crippen molar-refractivity contribution in [2.24, 2.45) is 11.8 Å². The molecule has 2 unspecified atom stereocenters. The fourth-order valence-corrected chi connectivity index (χ4v) is 5.11. The molecular weight excluding hydrogens is 470 g/mol. The van der Waals surface area contributed by atoms with Crippen LogP contribution >= 0.6 is 11.6 Å². The molecule has 2 N–H and O–H groups in total. The van der Waals surface area contributed by atoms with Gasteiger partial charge in [0.25, 0.3) is 5.91 Å². The second-order valence-corrected chi connectivity index (χ2v) is 12.0. The van der Waals surface area contributed by atoms with Crippen LogP contribution in [0.25, 0.3) is 6.08 Å². The van der Waals surface area contributed by atoms with Crippen LogP contribution in [0.1, 0.15) is 41.3 Å². The summed E-state index contributed by atoms with van der Waals surface area (Å²) in [6, 6.07) is 13.1. The summed E-state index contributed by atoms with van der Waals surface area (Å²) in [7, 11) is -1.95. The van der Waals surface area contributed by atoms with Crippen LogP contribution < -0.4 is 14.9 Å². The second kappa shape index (κ2) is 10.1. The third-order valence-corrected chi connectivity index (χ3v) is 8.22. The molecule has 1 saturated carbocycles. The van der Waals surface area contributed by atoms with E-state index in [0.29, 0.717) is 28.1 Å². The topological polar surface area (TPSA) is 78.5 Å². The average Bonchev–Trinajstić information content (AvgIpc) is 3.33. The van der Waals surface area contributed by atoms with E-state index >= 15 is 0 Å². The lowest BCUT2D eigenvalue weighted by Crippen LogP contribution is -2.44. The van der Waals surface area contributed by atoms with Gasteiger partial charge in [-0.05, 0) is 79.1 Å². The van der Waals surface area contributed by atoms with Gasteiger partial charge in [-0.1, -0.05) is 42.8 Å². The lowest BCUT2D eigenvalue weighted by atomic mass is 10.00. The molecule has 1 aliphatic carbocycles. The Morgan fingerprint density at radius 3 is 2.71 bits per heavy atom. The molecule has 1 saturated heterocycles. The van der Waals surface area contributed by atoms with E-state index in [-0.39, 0.29) is 18.0 Å². The molecule has 0 aromatic heterocycles. The zero-order valence-corrected chi connectivity index (χ0v) is 21.4. The summed E-state index contributed by atoms with van der Waals surface area (Å²) in [6.45, 7) is 3.03. The molecular formula is C26H32ClN3O3S. The minimum Gasteiger partial charge on any atom is -0.348 e. The largest absolute Gasteiger partial charge is 0.348 e. The minimum absolute atomic E-state index is 0.0333. The molecule has 182 valence electrons. The van der Waals surface area contributed by atoms with Gasteiger partial charge in [0.15, 0.2) is 0 Å². The molecule has 6 nitrogen and oxygen atoms in total. The molecule has 0 radical (unpaired) electrons. The van der Waals surface area contributed by atoms with Crippen molar-refractivity contribution in [1.82, 2.24) is 10.6 Å². The quantitative estimate of drug-likeness (QED) is 0.570. The summed E-state index contributed by atoms with van der Waals surface area (Å²) >= 11 is 6.13. The Balaban J connectivity index is 1.54. The maximum Gasteiger partial charge on any atom is 0.251 e. The first kappa shape index (κ1) is 24.8. The van der Waals surface area contributed by atoms with Gasteiger partial charge in [-0.15, -0.1) is 0 Å². The lowest BCUT2D eigenvalue weighted by molar-refractivity contribution is 0.0933. The summed E-state index contributed by atoms with van der Waals surface area (Å²) in [5.41, 5.74) is 2.85. The number of nitrogens with one attached hydrogen (secondary N) is 2. The third-order valence-electron chi connectivity index (χ3n) is 6.78. The Bertz CT molecular complexity index is 1200. The SMILES string of the molecule is C[C@H]1CC1/C=C\c1cc(C(=O)NC2CCN[C@H]2Cc2cccc(Cl)c2)cc(N(C)S(C)(=O)=O)c1. The van der Waals surface area contributed by atoms with Crippen LogP contribution in [0.5, 0.6) is 0 Å². The zero-order chi connectivity index (χ0) is 24.5. The van der Waals surface area contributed by atoms with Crippen LogP contribution in [0.4, 0.5) is 5.69 Å². The first-order valence-corrected chi connectivity index (χ1v) is 13.9. The van der Waals surface area contributed by atoms with Crippen LogP contribution in [-0.4, -0.2) is 46.3 Å². The van der Waals surface area contributed by atoms with Crippen LogP contribution in [0.2, 0.25) is 5.02 Å². The highest BCUT2D eigenvalue weighted by molar-refractivity contribution is 7.92. The van der Waals surface area contributed by atoms with Crippen molar-refractivity contribution < 1.29 is 13.2 Å². The highest BCUT2D eigenvalue weighted by atomic mass is 35.5. The fraction of sp³-hybridized carbons (Fsp3) is 0.423. The van der Waals surface area contributed by atoms with Crippen molar-refractivity contribution >= 4 is 39.3 Å². The van der Waals surface area contributed by atoms with E-state index in [0.717, 1.165) is 43.2 Å². The smallest absolute Gasteiger partial charge is 0.251 e. The van der Waals surface area contributed by atoms with E-state index in [9.17, 15) is 13.2 Å². The van der Waals surface area contributed by atoms with Crippen molar-refractivity contribution in [2.45, 2.75) is 38.3 Å². The van der Waals surface area contributed by atoms with Crippen molar-refractivity contribution in [2.75, 3.05) is 24.2 Å². The van der Waals surface area contributed by atoms with Gasteiger partial charge in [-0.25, -0.2) is 8.42 Å². The van der Waals surface area contributed by atoms with Gasteiger partial charge in [-0.3, -0.25) is 9.10 Å². The van der Waals surface area contributed by atoms with E-state index in [2.05, 4.69) is 23.6 Å². The summed E-state index contributed by atoms with van der Waals surface area (Å²) in [5.74, 6) is 1.01. The van der Waals surface area contributed by atoms with Crippen LogP contribution in [-0.2, 0) is 16.4 Å². The number of amides is 1. The predicted octanol–water partition coefficient (Wildman–Crippen LogP) is 4.11. The predicted molar refractivity (Wildman–Crippen MR) is 139 cm³/mol. The van der Waals surface area contributed by atoms with Gasteiger partial charge in [-0.2, -0.15) is 0 Å². The Morgan fingerprint density at radius 2 is 2.03 bits per heavy atom. The van der Waals surface area contributed by atoms with Gasteiger partial charge in [0.05, 0.1) is 11.9 Å². The standard InChI is InChI=1S/C26H32ClN3O3S/c1-17-11-20(17)8-7-19-12-21(16-23(14-19)30(2)34(3,32)33)26(31)29-24-9-10-28-25(24)15-18-5-4-6-22(27)13-18/h4-8,12-14,16-17,20,24-25,28H,9-11,15H2,1-3H3,(H,29,31)/b8-7-/t17-,20?,24?,25-/m0/s1. The Morgan fingerprint density at radius 1 is 1.26 bits per heavy atom. The summed E-state index contributed by atoms with van der Waals surface area (Å²) in [4.78, 5) is 13.3. The maximum atomic E-state index is 13.3. The van der Waals surface area contributed by atoms with Gasteiger partial charge < -0.3 is 10.6 Å². The number of nitrogens with zero attached hydrogens (tertiary/aromatic N) is 1. The number of carbonyl (C=O) groups is 1. The minimum atomic E-state index is -3.46. The second-order valence-electron chi connectivity index (χ2n) is 9.54. The molecule has 8 heteroatoms. The summed E-state index contributed by atoms with van der Waals surface area (Å²) in [6.07, 6.45) is 8.04. The average molecular weight is 502 g/mol. The summed E-state index contributed by atoms with van der Waals surface area (Å²) in [5, 5.41) is 7.35. The first-order chi connectivity index (χ1) is 16.1. The number of rotatable bonds is 8. The summed E-state index contributed by atoms with van der Waals surface area (Å²) < 4.78 is 25.5. The van der Waals surface area contributed by atoms with Crippen molar-refractivity contribution in [3.63, 3.8) is 0 Å². The molecule has 4 atom stereocenters. The molecule has 4 rings (SSSR count). The Hall–Kier alpha value is -2.35. The fourth-order valence-electron chi connectivity index (χ4n) is 4.41. The maximum absolute atomic E-state index is 13.3. The lowest BCUT2D eigenvalue weighted by Gasteiger charge is -2.22. The molecule has 0 bridgehead atoms. The molecule has 2 aromatic carbocycles. The molecule has 34 heavy (non-hydrogen) atoms. The van der Waals surface area contributed by atoms with Gasteiger partial charge in [0.1, 0.15) is 0 Å². The van der Waals surface area contributed by atoms with E-state index < -0.39 is 10.0 Å².